The van der Waals surface area contributed by atoms with E-state index >= 15 is 0 Å². The van der Waals surface area contributed by atoms with Crippen molar-refractivity contribution in [2.45, 2.75) is 26.2 Å². The average molecular weight is 263 g/mol. The van der Waals surface area contributed by atoms with Gasteiger partial charge in [-0.3, -0.25) is 0 Å². The lowest BCUT2D eigenvalue weighted by Gasteiger charge is -2.26. The minimum Gasteiger partial charge on any atom is -0.370 e. The second-order valence-electron chi connectivity index (χ2n) is 5.36. The van der Waals surface area contributed by atoms with Crippen LogP contribution >= 0.6 is 0 Å². The normalized spacial score (nSPS) is 15.1. The molecule has 1 aromatic heterocycles. The summed E-state index contributed by atoms with van der Waals surface area (Å²) < 4.78 is 0. The molecule has 2 rings (SSSR count). The Kier molecular flexibility index (Phi) is 4.96. The molecule has 1 aliphatic rings. The fraction of sp³-hybridized carbons (Fsp3) is 0.714. The first-order chi connectivity index (χ1) is 9.19. The van der Waals surface area contributed by atoms with Crippen molar-refractivity contribution in [1.29, 1.82) is 0 Å². The summed E-state index contributed by atoms with van der Waals surface area (Å²) in [6.07, 6.45) is 4.09. The van der Waals surface area contributed by atoms with Crippen molar-refractivity contribution >= 4 is 11.6 Å². The van der Waals surface area contributed by atoms with Gasteiger partial charge in [-0.2, -0.15) is 0 Å². The van der Waals surface area contributed by atoms with Crippen LogP contribution < -0.4 is 15.5 Å². The Morgan fingerprint density at radius 1 is 1.37 bits per heavy atom. The highest BCUT2D eigenvalue weighted by Gasteiger charge is 2.17. The summed E-state index contributed by atoms with van der Waals surface area (Å²) in [6, 6.07) is 2.04. The van der Waals surface area contributed by atoms with Gasteiger partial charge in [-0.25, -0.2) is 9.97 Å². The van der Waals surface area contributed by atoms with E-state index in [4.69, 9.17) is 0 Å². The van der Waals surface area contributed by atoms with Crippen molar-refractivity contribution in [1.82, 2.24) is 15.3 Å². The highest BCUT2D eigenvalue weighted by atomic mass is 15.2. The summed E-state index contributed by atoms with van der Waals surface area (Å²) in [5.74, 6) is 3.59. The minimum atomic E-state index is 0.824. The van der Waals surface area contributed by atoms with E-state index in [9.17, 15) is 0 Å². The molecule has 0 atom stereocenters. The molecule has 1 aliphatic carbocycles. The largest absolute Gasteiger partial charge is 0.370 e. The Morgan fingerprint density at radius 2 is 2.16 bits per heavy atom. The second-order valence-corrected chi connectivity index (χ2v) is 5.36. The van der Waals surface area contributed by atoms with Gasteiger partial charge in [0.15, 0.2) is 0 Å². The number of aryl methyl sites for hydroxylation is 1. The molecule has 0 saturated heterocycles. The maximum atomic E-state index is 4.49. The van der Waals surface area contributed by atoms with E-state index in [2.05, 4.69) is 32.5 Å². The molecule has 0 spiro atoms. The van der Waals surface area contributed by atoms with Crippen molar-refractivity contribution in [2.24, 2.45) is 5.92 Å². The van der Waals surface area contributed by atoms with Crippen molar-refractivity contribution in [3.8, 4) is 0 Å². The molecule has 2 N–H and O–H groups in total. The molecule has 1 saturated carbocycles. The molecule has 0 aliphatic heterocycles. The van der Waals surface area contributed by atoms with Gasteiger partial charge in [0.25, 0.3) is 0 Å². The van der Waals surface area contributed by atoms with Crippen LogP contribution in [0.4, 0.5) is 11.6 Å². The number of nitrogens with one attached hydrogen (secondary N) is 2. The molecule has 5 heteroatoms. The third-order valence-corrected chi connectivity index (χ3v) is 3.71. The second kappa shape index (κ2) is 6.70. The number of aromatic nitrogens is 2. The molecule has 0 bridgehead atoms. The van der Waals surface area contributed by atoms with Crippen LogP contribution in [0.5, 0.6) is 0 Å². The number of hydrogen-bond acceptors (Lipinski definition) is 5. The first-order valence-electron chi connectivity index (χ1n) is 7.14. The first kappa shape index (κ1) is 14.1. The van der Waals surface area contributed by atoms with Crippen LogP contribution in [0.15, 0.2) is 6.07 Å². The Morgan fingerprint density at radius 3 is 2.79 bits per heavy atom. The first-order valence-corrected chi connectivity index (χ1v) is 7.14. The van der Waals surface area contributed by atoms with Gasteiger partial charge in [0.1, 0.15) is 17.5 Å². The lowest BCUT2D eigenvalue weighted by Crippen LogP contribution is -2.28. The van der Waals surface area contributed by atoms with Gasteiger partial charge in [0.2, 0.25) is 0 Å². The van der Waals surface area contributed by atoms with Crippen LogP contribution in [-0.2, 0) is 0 Å². The molecule has 0 aromatic carbocycles. The number of likely N-dealkylation sites (N-methyl/N-ethyl adjacent to an activating group) is 2. The summed E-state index contributed by atoms with van der Waals surface area (Å²) in [7, 11) is 4.03. The van der Waals surface area contributed by atoms with E-state index in [1.165, 1.54) is 19.3 Å². The third kappa shape index (κ3) is 4.06. The van der Waals surface area contributed by atoms with Crippen molar-refractivity contribution < 1.29 is 0 Å². The van der Waals surface area contributed by atoms with E-state index < -0.39 is 0 Å². The molecule has 19 heavy (non-hydrogen) atoms. The number of anilines is 2. The molecule has 1 aromatic rings. The lowest BCUT2D eigenvalue weighted by atomic mass is 9.85. The summed E-state index contributed by atoms with van der Waals surface area (Å²) in [6.45, 7) is 4.87. The zero-order valence-corrected chi connectivity index (χ0v) is 12.2. The Balaban J connectivity index is 1.96. The van der Waals surface area contributed by atoms with E-state index in [0.29, 0.717) is 0 Å². The van der Waals surface area contributed by atoms with Crippen LogP contribution in [0.3, 0.4) is 0 Å². The highest BCUT2D eigenvalue weighted by molar-refractivity contribution is 5.49. The maximum absolute atomic E-state index is 4.49. The molecule has 0 unspecified atom stereocenters. The molecule has 1 fully saturated rings. The quantitative estimate of drug-likeness (QED) is 0.783. The van der Waals surface area contributed by atoms with E-state index in [1.807, 2.05) is 20.0 Å². The van der Waals surface area contributed by atoms with Gasteiger partial charge >= 0.3 is 0 Å². The molecule has 106 valence electrons. The van der Waals surface area contributed by atoms with Crippen molar-refractivity contribution in [2.75, 3.05) is 43.9 Å². The average Bonchev–Trinajstić information content (AvgIpc) is 2.33. The topological polar surface area (TPSA) is 53.1 Å². The number of nitrogens with zero attached hydrogens (tertiary/aromatic N) is 3. The SMILES string of the molecule is CNCCN(C)c1cc(NCC2CCC2)nc(C)n1. The fourth-order valence-electron chi connectivity index (χ4n) is 2.18. The van der Waals surface area contributed by atoms with Crippen LogP contribution in [0.25, 0.3) is 0 Å². The summed E-state index contributed by atoms with van der Waals surface area (Å²) in [5, 5.41) is 6.60. The van der Waals surface area contributed by atoms with Crippen LogP contribution in [0.1, 0.15) is 25.1 Å². The molecule has 1 heterocycles. The zero-order valence-electron chi connectivity index (χ0n) is 12.2. The zero-order chi connectivity index (χ0) is 13.7. The number of rotatable bonds is 7. The van der Waals surface area contributed by atoms with Gasteiger partial charge < -0.3 is 15.5 Å². The lowest BCUT2D eigenvalue weighted by molar-refractivity contribution is 0.333. The summed E-state index contributed by atoms with van der Waals surface area (Å²) >= 11 is 0. The monoisotopic (exact) mass is 263 g/mol. The number of hydrogen-bond donors (Lipinski definition) is 2. The molecule has 5 nitrogen and oxygen atoms in total. The standard InChI is InChI=1S/C14H25N5/c1-11-17-13(16-10-12-5-4-6-12)9-14(18-11)19(3)8-7-15-2/h9,12,15H,4-8,10H2,1-3H3,(H,16,17,18). The van der Waals surface area contributed by atoms with E-state index in [1.54, 1.807) is 0 Å². The van der Waals surface area contributed by atoms with Gasteiger partial charge in [0, 0.05) is 32.7 Å². The molecular weight excluding hydrogens is 238 g/mol. The van der Waals surface area contributed by atoms with Gasteiger partial charge in [-0.15, -0.1) is 0 Å². The van der Waals surface area contributed by atoms with Gasteiger partial charge in [0.05, 0.1) is 0 Å². The van der Waals surface area contributed by atoms with Crippen LogP contribution in [0, 0.1) is 12.8 Å². The molecule has 0 amide bonds. The van der Waals surface area contributed by atoms with Gasteiger partial charge in [-0.1, -0.05) is 6.42 Å². The highest BCUT2D eigenvalue weighted by Crippen LogP contribution is 2.26. The summed E-state index contributed by atoms with van der Waals surface area (Å²) in [4.78, 5) is 11.1. The van der Waals surface area contributed by atoms with Crippen LogP contribution in [0.2, 0.25) is 0 Å². The molecular formula is C14H25N5. The Hall–Kier alpha value is -1.36. The van der Waals surface area contributed by atoms with Crippen molar-refractivity contribution in [3.05, 3.63) is 11.9 Å². The molecule has 0 radical (unpaired) electrons. The minimum absolute atomic E-state index is 0.824. The van der Waals surface area contributed by atoms with Crippen molar-refractivity contribution in [3.63, 3.8) is 0 Å². The van der Waals surface area contributed by atoms with Crippen LogP contribution in [-0.4, -0.2) is 43.7 Å². The third-order valence-electron chi connectivity index (χ3n) is 3.71. The maximum Gasteiger partial charge on any atom is 0.134 e. The predicted octanol–water partition coefficient (Wildman–Crippen LogP) is 1.65. The van der Waals surface area contributed by atoms with Gasteiger partial charge in [-0.05, 0) is 32.7 Å². The van der Waals surface area contributed by atoms with E-state index in [-0.39, 0.29) is 0 Å². The Bertz CT molecular complexity index is 403. The van der Waals surface area contributed by atoms with E-state index in [0.717, 1.165) is 43.0 Å². The fourth-order valence-corrected chi connectivity index (χ4v) is 2.18. The predicted molar refractivity (Wildman–Crippen MR) is 79.8 cm³/mol. The smallest absolute Gasteiger partial charge is 0.134 e. The Labute approximate surface area is 115 Å². The summed E-state index contributed by atoms with van der Waals surface area (Å²) in [5.41, 5.74) is 0.